The van der Waals surface area contributed by atoms with E-state index in [2.05, 4.69) is 16.0 Å². The Kier molecular flexibility index (Phi) is 9.57. The lowest BCUT2D eigenvalue weighted by Gasteiger charge is -2.11. The molecule has 0 aliphatic heterocycles. The Morgan fingerprint density at radius 3 is 2.29 bits per heavy atom. The number of urea groups is 1. The summed E-state index contributed by atoms with van der Waals surface area (Å²) in [5, 5.41) is 15.6. The van der Waals surface area contributed by atoms with E-state index in [1.807, 2.05) is 13.8 Å². The lowest BCUT2D eigenvalue weighted by Crippen LogP contribution is -2.41. The highest BCUT2D eigenvalue weighted by molar-refractivity contribution is 5.94. The number of rotatable bonds is 9. The van der Waals surface area contributed by atoms with Crippen LogP contribution in [0.2, 0.25) is 0 Å². The zero-order valence-electron chi connectivity index (χ0n) is 12.4. The standard InChI is InChI=1S/C13H23N3O5/c1-3-9(2)15-11(18)7-8-14-13(21)16-10(17)5-4-6-12(19)20/h9H,3-8H2,1-2H3,(H,15,18)(H,19,20)(H2,14,16,17,21). The molecular formula is C13H23N3O5. The van der Waals surface area contributed by atoms with Crippen LogP contribution in [0, 0.1) is 0 Å². The second kappa shape index (κ2) is 10.6. The SMILES string of the molecule is CCC(C)NC(=O)CCNC(=O)NC(=O)CCCC(=O)O. The van der Waals surface area contributed by atoms with Crippen molar-refractivity contribution >= 4 is 23.8 Å². The van der Waals surface area contributed by atoms with Crippen molar-refractivity contribution in [3.05, 3.63) is 0 Å². The van der Waals surface area contributed by atoms with Crippen LogP contribution in [-0.4, -0.2) is 41.5 Å². The van der Waals surface area contributed by atoms with Gasteiger partial charge >= 0.3 is 12.0 Å². The first kappa shape index (κ1) is 18.9. The van der Waals surface area contributed by atoms with Crippen LogP contribution < -0.4 is 16.0 Å². The fourth-order valence-electron chi connectivity index (χ4n) is 1.37. The Morgan fingerprint density at radius 1 is 1.05 bits per heavy atom. The number of nitrogens with one attached hydrogen (secondary N) is 3. The van der Waals surface area contributed by atoms with Gasteiger partial charge in [-0.25, -0.2) is 4.79 Å². The van der Waals surface area contributed by atoms with Gasteiger partial charge in [0.25, 0.3) is 0 Å². The predicted molar refractivity (Wildman–Crippen MR) is 75.5 cm³/mol. The summed E-state index contributed by atoms with van der Waals surface area (Å²) in [4.78, 5) is 44.3. The van der Waals surface area contributed by atoms with Crippen molar-refractivity contribution < 1.29 is 24.3 Å². The molecule has 1 atom stereocenters. The van der Waals surface area contributed by atoms with Crippen LogP contribution in [0.15, 0.2) is 0 Å². The van der Waals surface area contributed by atoms with Gasteiger partial charge in [-0.05, 0) is 19.8 Å². The number of amides is 4. The summed E-state index contributed by atoms with van der Waals surface area (Å²) in [6.07, 6.45) is 0.972. The number of hydrogen-bond acceptors (Lipinski definition) is 4. The molecule has 1 unspecified atom stereocenters. The topological polar surface area (TPSA) is 125 Å². The first-order chi connectivity index (χ1) is 9.85. The quantitative estimate of drug-likeness (QED) is 0.490. The van der Waals surface area contributed by atoms with Crippen molar-refractivity contribution in [3.63, 3.8) is 0 Å². The minimum Gasteiger partial charge on any atom is -0.481 e. The van der Waals surface area contributed by atoms with Crippen molar-refractivity contribution in [2.45, 2.75) is 52.0 Å². The van der Waals surface area contributed by atoms with Gasteiger partial charge in [-0.1, -0.05) is 6.92 Å². The third-order valence-corrected chi connectivity index (χ3v) is 2.70. The molecule has 0 aromatic rings. The molecule has 0 aliphatic carbocycles. The number of carboxylic acids is 1. The first-order valence-corrected chi connectivity index (χ1v) is 6.94. The van der Waals surface area contributed by atoms with Crippen LogP contribution in [0.4, 0.5) is 4.79 Å². The lowest BCUT2D eigenvalue weighted by molar-refractivity contribution is -0.137. The van der Waals surface area contributed by atoms with Crippen molar-refractivity contribution in [1.82, 2.24) is 16.0 Å². The van der Waals surface area contributed by atoms with Gasteiger partial charge in [-0.2, -0.15) is 0 Å². The Bertz CT molecular complexity index is 384. The minimum atomic E-state index is -0.987. The fraction of sp³-hybridized carbons (Fsp3) is 0.692. The summed E-state index contributed by atoms with van der Waals surface area (Å²) in [7, 11) is 0. The van der Waals surface area contributed by atoms with Gasteiger partial charge in [0.15, 0.2) is 0 Å². The number of hydrogen-bond donors (Lipinski definition) is 4. The second-order valence-electron chi connectivity index (χ2n) is 4.68. The number of carbonyl (C=O) groups excluding carboxylic acids is 3. The summed E-state index contributed by atoms with van der Waals surface area (Å²) in [6.45, 7) is 3.96. The van der Waals surface area contributed by atoms with Crippen LogP contribution in [0.1, 0.15) is 46.0 Å². The molecule has 0 heterocycles. The first-order valence-electron chi connectivity index (χ1n) is 6.94. The lowest BCUT2D eigenvalue weighted by atomic mass is 10.2. The van der Waals surface area contributed by atoms with E-state index in [9.17, 15) is 19.2 Å². The number of aliphatic carboxylic acids is 1. The highest BCUT2D eigenvalue weighted by Crippen LogP contribution is 1.94. The van der Waals surface area contributed by atoms with Crippen LogP contribution in [0.25, 0.3) is 0 Å². The molecule has 0 aliphatic rings. The van der Waals surface area contributed by atoms with Gasteiger partial charge in [0.1, 0.15) is 0 Å². The molecule has 0 saturated heterocycles. The molecule has 0 spiro atoms. The average molecular weight is 301 g/mol. The Hall–Kier alpha value is -2.12. The third-order valence-electron chi connectivity index (χ3n) is 2.70. The summed E-state index contributed by atoms with van der Waals surface area (Å²) in [6, 6.07) is -0.603. The molecule has 21 heavy (non-hydrogen) atoms. The molecule has 4 N–H and O–H groups in total. The van der Waals surface area contributed by atoms with E-state index in [0.29, 0.717) is 0 Å². The fourth-order valence-corrected chi connectivity index (χ4v) is 1.37. The molecular weight excluding hydrogens is 278 g/mol. The third kappa shape index (κ3) is 11.4. The normalized spacial score (nSPS) is 11.3. The Labute approximate surface area is 123 Å². The minimum absolute atomic E-state index is 0.0335. The van der Waals surface area contributed by atoms with E-state index in [1.54, 1.807) is 0 Å². The van der Waals surface area contributed by atoms with E-state index >= 15 is 0 Å². The predicted octanol–water partition coefficient (Wildman–Crippen LogP) is 0.372. The number of carbonyl (C=O) groups is 4. The number of imide groups is 1. The van der Waals surface area contributed by atoms with Crippen LogP contribution in [0.5, 0.6) is 0 Å². The average Bonchev–Trinajstić information content (AvgIpc) is 2.37. The Morgan fingerprint density at radius 2 is 1.71 bits per heavy atom. The molecule has 0 aromatic carbocycles. The molecule has 8 heteroatoms. The molecule has 0 fully saturated rings. The zero-order valence-corrected chi connectivity index (χ0v) is 12.4. The monoisotopic (exact) mass is 301 g/mol. The summed E-state index contributed by atoms with van der Waals surface area (Å²) < 4.78 is 0. The number of carboxylic acid groups (broad SMARTS) is 1. The van der Waals surface area contributed by atoms with Gasteiger partial charge < -0.3 is 15.7 Å². The largest absolute Gasteiger partial charge is 0.481 e. The molecule has 4 amide bonds. The van der Waals surface area contributed by atoms with Crippen molar-refractivity contribution in [3.8, 4) is 0 Å². The van der Waals surface area contributed by atoms with Gasteiger partial charge in [0, 0.05) is 31.8 Å². The summed E-state index contributed by atoms with van der Waals surface area (Å²) in [5.41, 5.74) is 0. The van der Waals surface area contributed by atoms with Crippen LogP contribution >= 0.6 is 0 Å². The molecule has 0 radical (unpaired) electrons. The molecule has 0 aromatic heterocycles. The van der Waals surface area contributed by atoms with E-state index in [0.717, 1.165) is 6.42 Å². The summed E-state index contributed by atoms with van der Waals surface area (Å²) >= 11 is 0. The van der Waals surface area contributed by atoms with Crippen LogP contribution in [-0.2, 0) is 14.4 Å². The van der Waals surface area contributed by atoms with Gasteiger partial charge in [-0.15, -0.1) is 0 Å². The molecule has 0 bridgehead atoms. The second-order valence-corrected chi connectivity index (χ2v) is 4.68. The maximum atomic E-state index is 11.4. The van der Waals surface area contributed by atoms with E-state index in [4.69, 9.17) is 5.11 Å². The maximum absolute atomic E-state index is 11.4. The van der Waals surface area contributed by atoms with Crippen molar-refractivity contribution in [1.29, 1.82) is 0 Å². The van der Waals surface area contributed by atoms with Gasteiger partial charge in [0.2, 0.25) is 11.8 Å². The van der Waals surface area contributed by atoms with E-state index < -0.39 is 17.9 Å². The molecule has 120 valence electrons. The van der Waals surface area contributed by atoms with E-state index in [-0.39, 0.29) is 44.2 Å². The van der Waals surface area contributed by atoms with Gasteiger partial charge in [-0.3, -0.25) is 19.7 Å². The molecule has 8 nitrogen and oxygen atoms in total. The maximum Gasteiger partial charge on any atom is 0.321 e. The van der Waals surface area contributed by atoms with E-state index in [1.165, 1.54) is 0 Å². The van der Waals surface area contributed by atoms with Gasteiger partial charge in [0.05, 0.1) is 0 Å². The summed E-state index contributed by atoms with van der Waals surface area (Å²) in [5.74, 6) is -1.70. The highest BCUT2D eigenvalue weighted by atomic mass is 16.4. The van der Waals surface area contributed by atoms with Crippen molar-refractivity contribution in [2.75, 3.05) is 6.54 Å². The van der Waals surface area contributed by atoms with Crippen molar-refractivity contribution in [2.24, 2.45) is 0 Å². The molecule has 0 saturated carbocycles. The van der Waals surface area contributed by atoms with Crippen LogP contribution in [0.3, 0.4) is 0 Å². The smallest absolute Gasteiger partial charge is 0.321 e. The zero-order chi connectivity index (χ0) is 16.3. The molecule has 0 rings (SSSR count). The highest BCUT2D eigenvalue weighted by Gasteiger charge is 2.09. The Balaban J connectivity index is 3.72.